The minimum absolute atomic E-state index is 0.0416. The molecule has 3 heterocycles. The van der Waals surface area contributed by atoms with Gasteiger partial charge in [0.15, 0.2) is 5.76 Å². The molecule has 1 fully saturated rings. The first-order valence-corrected chi connectivity index (χ1v) is 9.94. The Kier molecular flexibility index (Phi) is 6.07. The van der Waals surface area contributed by atoms with Crippen molar-refractivity contribution in [2.24, 2.45) is 0 Å². The fourth-order valence-corrected chi connectivity index (χ4v) is 3.38. The molecule has 4 rings (SSSR count). The molecule has 0 spiro atoms. The summed E-state index contributed by atoms with van der Waals surface area (Å²) >= 11 is 0. The van der Waals surface area contributed by atoms with Gasteiger partial charge in [0.2, 0.25) is 17.6 Å². The van der Waals surface area contributed by atoms with Crippen molar-refractivity contribution >= 4 is 17.6 Å². The summed E-state index contributed by atoms with van der Waals surface area (Å²) < 4.78 is 10.4. The highest BCUT2D eigenvalue weighted by Gasteiger charge is 2.24. The maximum atomic E-state index is 12.5. The first kappa shape index (κ1) is 19.7. The molecule has 0 aliphatic carbocycles. The Labute approximate surface area is 173 Å². The maximum Gasteiger partial charge on any atom is 0.319 e. The van der Waals surface area contributed by atoms with Crippen LogP contribution in [-0.4, -0.2) is 46.1 Å². The minimum Gasteiger partial charge on any atom is -0.461 e. The van der Waals surface area contributed by atoms with E-state index in [1.165, 1.54) is 0 Å². The van der Waals surface area contributed by atoms with E-state index in [-0.39, 0.29) is 18.0 Å². The van der Waals surface area contributed by atoms with Crippen LogP contribution in [0.1, 0.15) is 25.2 Å². The van der Waals surface area contributed by atoms with Crippen LogP contribution < -0.4 is 10.6 Å². The number of para-hydroxylation sites is 1. The summed E-state index contributed by atoms with van der Waals surface area (Å²) in [5.41, 5.74) is 0.749. The summed E-state index contributed by atoms with van der Waals surface area (Å²) in [5.74, 6) is 1.36. The highest BCUT2D eigenvalue weighted by Crippen LogP contribution is 2.17. The van der Waals surface area contributed by atoms with Crippen molar-refractivity contribution in [3.8, 4) is 11.6 Å². The van der Waals surface area contributed by atoms with Crippen LogP contribution in [0.25, 0.3) is 11.6 Å². The topological polar surface area (TPSA) is 114 Å². The number of furan rings is 1. The third kappa shape index (κ3) is 5.05. The Morgan fingerprint density at radius 2 is 1.90 bits per heavy atom. The van der Waals surface area contributed by atoms with E-state index in [4.69, 9.17) is 8.94 Å². The van der Waals surface area contributed by atoms with Crippen LogP contribution in [0.15, 0.2) is 57.7 Å². The van der Waals surface area contributed by atoms with Crippen molar-refractivity contribution in [2.45, 2.75) is 31.7 Å². The smallest absolute Gasteiger partial charge is 0.319 e. The molecular formula is C21H23N5O4. The number of nitrogens with one attached hydrogen (secondary N) is 2. The summed E-state index contributed by atoms with van der Waals surface area (Å²) in [5, 5.41) is 9.65. The van der Waals surface area contributed by atoms with Crippen LogP contribution in [0.3, 0.4) is 0 Å². The third-order valence-electron chi connectivity index (χ3n) is 4.98. The first-order chi connectivity index (χ1) is 14.7. The lowest BCUT2D eigenvalue weighted by atomic mass is 10.0. The summed E-state index contributed by atoms with van der Waals surface area (Å²) in [4.78, 5) is 30.7. The first-order valence-electron chi connectivity index (χ1n) is 9.94. The molecule has 9 nitrogen and oxygen atoms in total. The van der Waals surface area contributed by atoms with Crippen LogP contribution in [0.5, 0.6) is 0 Å². The molecule has 156 valence electrons. The van der Waals surface area contributed by atoms with E-state index in [1.54, 1.807) is 18.4 Å². The van der Waals surface area contributed by atoms with Gasteiger partial charge in [0.25, 0.3) is 0 Å². The Morgan fingerprint density at radius 1 is 1.10 bits per heavy atom. The number of piperidine rings is 1. The molecule has 0 atom stereocenters. The van der Waals surface area contributed by atoms with Gasteiger partial charge in [0, 0.05) is 37.7 Å². The number of anilines is 1. The molecule has 3 aromatic rings. The highest BCUT2D eigenvalue weighted by molar-refractivity contribution is 5.89. The summed E-state index contributed by atoms with van der Waals surface area (Å²) in [7, 11) is 0. The summed E-state index contributed by atoms with van der Waals surface area (Å²) in [6, 6.07) is 12.6. The van der Waals surface area contributed by atoms with E-state index in [2.05, 4.69) is 20.8 Å². The number of hydrogen-bond donors (Lipinski definition) is 2. The van der Waals surface area contributed by atoms with E-state index < -0.39 is 0 Å². The number of rotatable bonds is 6. The number of amides is 3. The average Bonchev–Trinajstić information content (AvgIpc) is 3.45. The molecule has 30 heavy (non-hydrogen) atoms. The van der Waals surface area contributed by atoms with Crippen molar-refractivity contribution < 1.29 is 18.5 Å². The van der Waals surface area contributed by atoms with Crippen molar-refractivity contribution in [2.75, 3.05) is 18.4 Å². The SMILES string of the molecule is O=C(Nc1ccccc1)NC1CCN(C(=O)CCc2nc(-c3ccco3)no2)CC1. The van der Waals surface area contributed by atoms with E-state index in [9.17, 15) is 9.59 Å². The van der Waals surface area contributed by atoms with Crippen molar-refractivity contribution in [3.63, 3.8) is 0 Å². The van der Waals surface area contributed by atoms with E-state index in [0.29, 0.717) is 43.4 Å². The van der Waals surface area contributed by atoms with Crippen molar-refractivity contribution in [1.29, 1.82) is 0 Å². The lowest BCUT2D eigenvalue weighted by Gasteiger charge is -2.32. The average molecular weight is 409 g/mol. The number of aryl methyl sites for hydroxylation is 1. The zero-order valence-electron chi connectivity index (χ0n) is 16.4. The molecule has 1 aliphatic rings. The molecule has 1 aromatic carbocycles. The fourth-order valence-electron chi connectivity index (χ4n) is 3.38. The molecule has 2 N–H and O–H groups in total. The van der Waals surface area contributed by atoms with Gasteiger partial charge in [-0.3, -0.25) is 4.79 Å². The van der Waals surface area contributed by atoms with Gasteiger partial charge in [0.05, 0.1) is 6.26 Å². The van der Waals surface area contributed by atoms with Crippen LogP contribution in [0.4, 0.5) is 10.5 Å². The Bertz CT molecular complexity index is 962. The quantitative estimate of drug-likeness (QED) is 0.647. The normalized spacial score (nSPS) is 14.5. The van der Waals surface area contributed by atoms with Gasteiger partial charge in [-0.2, -0.15) is 4.98 Å². The van der Waals surface area contributed by atoms with Gasteiger partial charge in [-0.25, -0.2) is 4.79 Å². The zero-order valence-corrected chi connectivity index (χ0v) is 16.4. The van der Waals surface area contributed by atoms with Crippen LogP contribution in [0, 0.1) is 0 Å². The van der Waals surface area contributed by atoms with E-state index >= 15 is 0 Å². The van der Waals surface area contributed by atoms with Crippen molar-refractivity contribution in [3.05, 3.63) is 54.6 Å². The second-order valence-electron chi connectivity index (χ2n) is 7.11. The molecule has 2 aromatic heterocycles. The van der Waals surface area contributed by atoms with Gasteiger partial charge in [0.1, 0.15) is 0 Å². The maximum absolute atomic E-state index is 12.5. The number of urea groups is 1. The number of carbonyl (C=O) groups excluding carboxylic acids is 2. The summed E-state index contributed by atoms with van der Waals surface area (Å²) in [6.45, 7) is 1.22. The molecular weight excluding hydrogens is 386 g/mol. The molecule has 0 saturated carbocycles. The Balaban J connectivity index is 1.18. The van der Waals surface area contributed by atoms with Crippen LogP contribution >= 0.6 is 0 Å². The molecule has 0 unspecified atom stereocenters. The predicted octanol–water partition coefficient (Wildman–Crippen LogP) is 3.07. The Hall–Kier alpha value is -3.62. The van der Waals surface area contributed by atoms with Gasteiger partial charge < -0.3 is 24.5 Å². The van der Waals surface area contributed by atoms with Crippen LogP contribution in [0.2, 0.25) is 0 Å². The number of likely N-dealkylation sites (tertiary alicyclic amines) is 1. The second kappa shape index (κ2) is 9.25. The number of hydrogen-bond acceptors (Lipinski definition) is 6. The van der Waals surface area contributed by atoms with Crippen molar-refractivity contribution in [1.82, 2.24) is 20.4 Å². The van der Waals surface area contributed by atoms with Crippen LogP contribution in [-0.2, 0) is 11.2 Å². The number of aromatic nitrogens is 2. The number of nitrogens with zero attached hydrogens (tertiary/aromatic N) is 3. The lowest BCUT2D eigenvalue weighted by molar-refractivity contribution is -0.132. The van der Waals surface area contributed by atoms with E-state index in [0.717, 1.165) is 18.5 Å². The molecule has 3 amide bonds. The fraction of sp³-hybridized carbons (Fsp3) is 0.333. The Morgan fingerprint density at radius 3 is 2.63 bits per heavy atom. The lowest BCUT2D eigenvalue weighted by Crippen LogP contribution is -2.47. The second-order valence-corrected chi connectivity index (χ2v) is 7.11. The monoisotopic (exact) mass is 409 g/mol. The standard InChI is InChI=1S/C21H23N5O4/c27-19(9-8-18-24-20(25-30-18)17-7-4-14-29-17)26-12-10-16(11-13-26)23-21(28)22-15-5-2-1-3-6-15/h1-7,14,16H,8-13H2,(H2,22,23,28). The highest BCUT2D eigenvalue weighted by atomic mass is 16.5. The third-order valence-corrected chi connectivity index (χ3v) is 4.98. The largest absolute Gasteiger partial charge is 0.461 e. The number of carbonyl (C=O) groups is 2. The molecule has 0 bridgehead atoms. The van der Waals surface area contributed by atoms with Gasteiger partial charge in [-0.05, 0) is 37.1 Å². The van der Waals surface area contributed by atoms with Gasteiger partial charge in [-0.15, -0.1) is 0 Å². The molecule has 1 saturated heterocycles. The minimum atomic E-state index is -0.227. The summed E-state index contributed by atoms with van der Waals surface area (Å²) in [6.07, 6.45) is 3.66. The number of benzene rings is 1. The predicted molar refractivity (Wildman–Crippen MR) is 109 cm³/mol. The molecule has 9 heteroatoms. The van der Waals surface area contributed by atoms with Gasteiger partial charge >= 0.3 is 6.03 Å². The van der Waals surface area contributed by atoms with Gasteiger partial charge in [-0.1, -0.05) is 23.4 Å². The zero-order chi connectivity index (χ0) is 20.8. The molecule has 1 aliphatic heterocycles. The molecule has 0 radical (unpaired) electrons. The van der Waals surface area contributed by atoms with E-state index in [1.807, 2.05) is 35.2 Å².